The fourth-order valence-electron chi connectivity index (χ4n) is 1.66. The van der Waals surface area contributed by atoms with Gasteiger partial charge in [0.1, 0.15) is 0 Å². The Kier molecular flexibility index (Phi) is 6.92. The van der Waals surface area contributed by atoms with Crippen LogP contribution < -0.4 is 5.32 Å². The Morgan fingerprint density at radius 1 is 1.46 bits per heavy atom. The van der Waals surface area contributed by atoms with Gasteiger partial charge < -0.3 is 5.32 Å². The first kappa shape index (κ1) is 12.7. The molecule has 0 fully saturated rings. The van der Waals surface area contributed by atoms with Crippen molar-refractivity contribution in [3.8, 4) is 0 Å². The fourth-order valence-corrected chi connectivity index (χ4v) is 1.66. The van der Waals surface area contributed by atoms with E-state index in [0.717, 1.165) is 19.6 Å². The zero-order valence-corrected chi connectivity index (χ0v) is 9.51. The summed E-state index contributed by atoms with van der Waals surface area (Å²) in [5.41, 5.74) is 0. The van der Waals surface area contributed by atoms with Gasteiger partial charge in [-0.05, 0) is 19.5 Å². The molecule has 1 atom stereocenters. The molecule has 0 aromatic rings. The maximum Gasteiger partial charge on any atom is 0.0246 e. The molecule has 0 amide bonds. The molecule has 0 aromatic heterocycles. The Morgan fingerprint density at radius 2 is 2.08 bits per heavy atom. The fraction of sp³-hybridized carbons (Fsp3) is 0.818. The monoisotopic (exact) mass is 184 g/mol. The van der Waals surface area contributed by atoms with E-state index in [2.05, 4.69) is 37.6 Å². The molecule has 0 spiro atoms. The Morgan fingerprint density at radius 3 is 2.38 bits per heavy atom. The number of nitrogens with one attached hydrogen (secondary N) is 1. The standard InChI is InChI=1S/C11H24N2/c1-6-8-13(7-2)11(9-12-5)10(3)4/h6,10-12H,1,7-9H2,2-5H3. The molecule has 0 heterocycles. The van der Waals surface area contributed by atoms with Gasteiger partial charge in [-0.2, -0.15) is 0 Å². The predicted molar refractivity (Wildman–Crippen MR) is 60.0 cm³/mol. The lowest BCUT2D eigenvalue weighted by molar-refractivity contribution is 0.178. The molecule has 1 N–H and O–H groups in total. The van der Waals surface area contributed by atoms with Gasteiger partial charge in [-0.3, -0.25) is 4.90 Å². The van der Waals surface area contributed by atoms with E-state index in [0.29, 0.717) is 12.0 Å². The van der Waals surface area contributed by atoms with Gasteiger partial charge in [-0.15, -0.1) is 6.58 Å². The van der Waals surface area contributed by atoms with Crippen LogP contribution in [-0.4, -0.2) is 37.6 Å². The number of rotatable bonds is 7. The molecule has 0 aliphatic heterocycles. The Balaban J connectivity index is 4.19. The maximum atomic E-state index is 3.79. The second-order valence-electron chi connectivity index (χ2n) is 3.75. The largest absolute Gasteiger partial charge is 0.318 e. The smallest absolute Gasteiger partial charge is 0.0246 e. The van der Waals surface area contributed by atoms with E-state index < -0.39 is 0 Å². The third-order valence-corrected chi connectivity index (χ3v) is 2.42. The zero-order valence-electron chi connectivity index (χ0n) is 9.51. The van der Waals surface area contributed by atoms with Crippen LogP contribution in [0.15, 0.2) is 12.7 Å². The molecule has 0 rings (SSSR count). The summed E-state index contributed by atoms with van der Waals surface area (Å²) in [5.74, 6) is 0.687. The molecule has 1 unspecified atom stereocenters. The minimum absolute atomic E-state index is 0.619. The van der Waals surface area contributed by atoms with Gasteiger partial charge in [0.2, 0.25) is 0 Å². The van der Waals surface area contributed by atoms with Crippen LogP contribution in [0.2, 0.25) is 0 Å². The summed E-state index contributed by atoms with van der Waals surface area (Å²) >= 11 is 0. The molecule has 2 nitrogen and oxygen atoms in total. The highest BCUT2D eigenvalue weighted by Crippen LogP contribution is 2.09. The van der Waals surface area contributed by atoms with Crippen LogP contribution in [-0.2, 0) is 0 Å². The molecule has 78 valence electrons. The van der Waals surface area contributed by atoms with Crippen molar-refractivity contribution in [3.05, 3.63) is 12.7 Å². The first-order valence-corrected chi connectivity index (χ1v) is 5.16. The lowest BCUT2D eigenvalue weighted by Gasteiger charge is -2.32. The average Bonchev–Trinajstić information content (AvgIpc) is 2.10. The van der Waals surface area contributed by atoms with Gasteiger partial charge in [0.15, 0.2) is 0 Å². The first-order valence-electron chi connectivity index (χ1n) is 5.16. The number of nitrogens with zero attached hydrogens (tertiary/aromatic N) is 1. The van der Waals surface area contributed by atoms with Gasteiger partial charge in [0.05, 0.1) is 0 Å². The van der Waals surface area contributed by atoms with Crippen LogP contribution in [0, 0.1) is 5.92 Å². The van der Waals surface area contributed by atoms with Crippen LogP contribution in [0.1, 0.15) is 20.8 Å². The summed E-state index contributed by atoms with van der Waals surface area (Å²) in [7, 11) is 2.01. The van der Waals surface area contributed by atoms with E-state index >= 15 is 0 Å². The quantitative estimate of drug-likeness (QED) is 0.606. The molecule has 0 bridgehead atoms. The molecular formula is C11H24N2. The number of likely N-dealkylation sites (N-methyl/N-ethyl adjacent to an activating group) is 2. The van der Waals surface area contributed by atoms with Crippen molar-refractivity contribution in [1.29, 1.82) is 0 Å². The van der Waals surface area contributed by atoms with Crippen molar-refractivity contribution in [2.45, 2.75) is 26.8 Å². The second kappa shape index (κ2) is 7.10. The van der Waals surface area contributed by atoms with E-state index in [1.807, 2.05) is 13.1 Å². The topological polar surface area (TPSA) is 15.3 Å². The van der Waals surface area contributed by atoms with Gasteiger partial charge in [0, 0.05) is 19.1 Å². The van der Waals surface area contributed by atoms with Crippen LogP contribution in [0.3, 0.4) is 0 Å². The summed E-state index contributed by atoms with van der Waals surface area (Å²) in [4.78, 5) is 2.45. The zero-order chi connectivity index (χ0) is 10.3. The van der Waals surface area contributed by atoms with Crippen LogP contribution >= 0.6 is 0 Å². The minimum atomic E-state index is 0.619. The van der Waals surface area contributed by atoms with Crippen LogP contribution in [0.4, 0.5) is 0 Å². The molecule has 0 aliphatic carbocycles. The lowest BCUT2D eigenvalue weighted by atomic mass is 10.0. The number of hydrogen-bond acceptors (Lipinski definition) is 2. The number of hydrogen-bond donors (Lipinski definition) is 1. The minimum Gasteiger partial charge on any atom is -0.318 e. The van der Waals surface area contributed by atoms with Gasteiger partial charge in [-0.1, -0.05) is 26.8 Å². The van der Waals surface area contributed by atoms with Crippen molar-refractivity contribution in [2.24, 2.45) is 5.92 Å². The molecule has 0 saturated heterocycles. The van der Waals surface area contributed by atoms with Gasteiger partial charge >= 0.3 is 0 Å². The highest BCUT2D eigenvalue weighted by Gasteiger charge is 2.18. The molecule has 0 saturated carbocycles. The van der Waals surface area contributed by atoms with Gasteiger partial charge in [0.25, 0.3) is 0 Å². The summed E-state index contributed by atoms with van der Waals surface area (Å²) in [6, 6.07) is 0.619. The normalized spacial score (nSPS) is 13.7. The summed E-state index contributed by atoms with van der Waals surface area (Å²) < 4.78 is 0. The molecule has 0 aliphatic rings. The highest BCUT2D eigenvalue weighted by molar-refractivity contribution is 4.81. The van der Waals surface area contributed by atoms with E-state index in [9.17, 15) is 0 Å². The van der Waals surface area contributed by atoms with Crippen LogP contribution in [0.25, 0.3) is 0 Å². The average molecular weight is 184 g/mol. The van der Waals surface area contributed by atoms with Gasteiger partial charge in [-0.25, -0.2) is 0 Å². The molecular weight excluding hydrogens is 160 g/mol. The third kappa shape index (κ3) is 4.44. The van der Waals surface area contributed by atoms with Crippen molar-refractivity contribution in [3.63, 3.8) is 0 Å². The molecule has 13 heavy (non-hydrogen) atoms. The van der Waals surface area contributed by atoms with Crippen molar-refractivity contribution in [2.75, 3.05) is 26.7 Å². The predicted octanol–water partition coefficient (Wildman–Crippen LogP) is 1.74. The molecule has 2 heteroatoms. The van der Waals surface area contributed by atoms with Crippen LogP contribution in [0.5, 0.6) is 0 Å². The lowest BCUT2D eigenvalue weighted by Crippen LogP contribution is -2.44. The summed E-state index contributed by atoms with van der Waals surface area (Å²) in [6.07, 6.45) is 1.98. The summed E-state index contributed by atoms with van der Waals surface area (Å²) in [5, 5.41) is 3.25. The molecule has 0 radical (unpaired) electrons. The Bertz CT molecular complexity index is 132. The van der Waals surface area contributed by atoms with E-state index in [1.54, 1.807) is 0 Å². The molecule has 0 aromatic carbocycles. The van der Waals surface area contributed by atoms with E-state index in [-0.39, 0.29) is 0 Å². The van der Waals surface area contributed by atoms with E-state index in [4.69, 9.17) is 0 Å². The Hall–Kier alpha value is -0.340. The Labute approximate surface area is 83.0 Å². The SMILES string of the molecule is C=CCN(CC)C(CNC)C(C)C. The first-order chi connectivity index (χ1) is 6.17. The van der Waals surface area contributed by atoms with Crippen molar-refractivity contribution >= 4 is 0 Å². The maximum absolute atomic E-state index is 3.79. The second-order valence-corrected chi connectivity index (χ2v) is 3.75. The van der Waals surface area contributed by atoms with E-state index in [1.165, 1.54) is 0 Å². The highest BCUT2D eigenvalue weighted by atomic mass is 15.2. The third-order valence-electron chi connectivity index (χ3n) is 2.42. The summed E-state index contributed by atoms with van der Waals surface area (Å²) in [6.45, 7) is 13.7. The van der Waals surface area contributed by atoms with Crippen molar-refractivity contribution in [1.82, 2.24) is 10.2 Å². The van der Waals surface area contributed by atoms with Crippen molar-refractivity contribution < 1.29 is 0 Å².